The van der Waals surface area contributed by atoms with Gasteiger partial charge in [-0.05, 0) is 31.4 Å². The minimum Gasteiger partial charge on any atom is -0.463 e. The second kappa shape index (κ2) is 6.31. The maximum atomic E-state index is 10.4. The Balaban J connectivity index is 2.56. The Morgan fingerprint density at radius 1 is 1.20 bits per heavy atom. The number of aryl methyl sites for hydroxylation is 1. The number of aliphatic imine (C=N–C) groups is 1. The summed E-state index contributed by atoms with van der Waals surface area (Å²) in [5, 5.41) is 16.8. The maximum absolute atomic E-state index is 10.4. The lowest BCUT2D eigenvalue weighted by Crippen LogP contribution is -2.46. The van der Waals surface area contributed by atoms with Gasteiger partial charge in [-0.15, -0.1) is 0 Å². The molecular formula is C15H27N3O2. The molecule has 5 heteroatoms. The standard InChI is InChI=1S/C15H27N3O2/c1-11-7-8-12(20-11)15(5,19)10-18-13(16-6)17-9-14(2,3)4/h7-8,19H,9-10H2,1-6H3,(H2,16,17,18). The van der Waals surface area contributed by atoms with Gasteiger partial charge < -0.3 is 20.2 Å². The number of rotatable bonds is 4. The van der Waals surface area contributed by atoms with Crippen LogP contribution in [0.1, 0.15) is 39.2 Å². The van der Waals surface area contributed by atoms with E-state index < -0.39 is 5.60 Å². The summed E-state index contributed by atoms with van der Waals surface area (Å²) in [6, 6.07) is 3.64. The van der Waals surface area contributed by atoms with Gasteiger partial charge in [0.05, 0.1) is 6.54 Å². The highest BCUT2D eigenvalue weighted by Gasteiger charge is 2.27. The Labute approximate surface area is 121 Å². The van der Waals surface area contributed by atoms with E-state index in [1.807, 2.05) is 13.0 Å². The lowest BCUT2D eigenvalue weighted by Gasteiger charge is -2.25. The van der Waals surface area contributed by atoms with E-state index >= 15 is 0 Å². The lowest BCUT2D eigenvalue weighted by molar-refractivity contribution is 0.0377. The van der Waals surface area contributed by atoms with Crippen molar-refractivity contribution in [3.8, 4) is 0 Å². The van der Waals surface area contributed by atoms with Gasteiger partial charge in [-0.3, -0.25) is 4.99 Å². The van der Waals surface area contributed by atoms with Crippen molar-refractivity contribution in [2.75, 3.05) is 20.1 Å². The Hall–Kier alpha value is -1.49. The molecule has 1 unspecified atom stereocenters. The van der Waals surface area contributed by atoms with E-state index in [9.17, 15) is 5.11 Å². The van der Waals surface area contributed by atoms with Crippen LogP contribution in [-0.4, -0.2) is 31.2 Å². The predicted octanol–water partition coefficient (Wildman–Crippen LogP) is 2.01. The van der Waals surface area contributed by atoms with E-state index in [1.54, 1.807) is 20.0 Å². The van der Waals surface area contributed by atoms with Crippen molar-refractivity contribution < 1.29 is 9.52 Å². The first-order valence-corrected chi connectivity index (χ1v) is 6.88. The Morgan fingerprint density at radius 2 is 1.80 bits per heavy atom. The third-order valence-corrected chi connectivity index (χ3v) is 2.88. The molecule has 1 atom stereocenters. The third kappa shape index (κ3) is 5.25. The van der Waals surface area contributed by atoms with Crippen LogP contribution in [0.4, 0.5) is 0 Å². The molecule has 1 heterocycles. The van der Waals surface area contributed by atoms with E-state index in [1.165, 1.54) is 0 Å². The molecule has 5 nitrogen and oxygen atoms in total. The van der Waals surface area contributed by atoms with E-state index in [2.05, 4.69) is 36.4 Å². The Kier molecular flexibility index (Phi) is 5.22. The molecule has 0 aliphatic rings. The molecule has 114 valence electrons. The molecule has 0 aliphatic carbocycles. The summed E-state index contributed by atoms with van der Waals surface area (Å²) in [5.41, 5.74) is -0.911. The lowest BCUT2D eigenvalue weighted by atomic mass is 9.97. The summed E-state index contributed by atoms with van der Waals surface area (Å²) in [5.74, 6) is 2.01. The van der Waals surface area contributed by atoms with E-state index in [4.69, 9.17) is 4.42 Å². The highest BCUT2D eigenvalue weighted by atomic mass is 16.4. The van der Waals surface area contributed by atoms with Crippen molar-refractivity contribution in [2.24, 2.45) is 10.4 Å². The fraction of sp³-hybridized carbons (Fsp3) is 0.667. The van der Waals surface area contributed by atoms with Gasteiger partial charge in [0.15, 0.2) is 5.96 Å². The fourth-order valence-corrected chi connectivity index (χ4v) is 1.64. The quantitative estimate of drug-likeness (QED) is 0.583. The van der Waals surface area contributed by atoms with Crippen molar-refractivity contribution in [2.45, 2.75) is 40.2 Å². The van der Waals surface area contributed by atoms with Gasteiger partial charge in [-0.1, -0.05) is 20.8 Å². The largest absolute Gasteiger partial charge is 0.463 e. The predicted molar refractivity (Wildman–Crippen MR) is 81.8 cm³/mol. The average Bonchev–Trinajstić information content (AvgIpc) is 2.75. The summed E-state index contributed by atoms with van der Waals surface area (Å²) in [7, 11) is 1.71. The number of nitrogens with zero attached hydrogens (tertiary/aromatic N) is 1. The zero-order valence-electron chi connectivity index (χ0n) is 13.4. The van der Waals surface area contributed by atoms with Gasteiger partial charge >= 0.3 is 0 Å². The molecule has 3 N–H and O–H groups in total. The van der Waals surface area contributed by atoms with Crippen LogP contribution < -0.4 is 10.6 Å². The summed E-state index contributed by atoms with van der Waals surface area (Å²) < 4.78 is 5.48. The van der Waals surface area contributed by atoms with Crippen LogP contribution in [0.2, 0.25) is 0 Å². The summed E-state index contributed by atoms with van der Waals surface area (Å²) >= 11 is 0. The Morgan fingerprint density at radius 3 is 2.25 bits per heavy atom. The molecule has 0 fully saturated rings. The van der Waals surface area contributed by atoms with E-state index in [-0.39, 0.29) is 5.41 Å². The molecule has 1 aromatic rings. The number of hydrogen-bond donors (Lipinski definition) is 3. The van der Waals surface area contributed by atoms with Crippen LogP contribution in [-0.2, 0) is 5.60 Å². The summed E-state index contributed by atoms with van der Waals surface area (Å²) in [4.78, 5) is 4.15. The molecule has 0 radical (unpaired) electrons. The van der Waals surface area contributed by atoms with Crippen LogP contribution in [0.25, 0.3) is 0 Å². The van der Waals surface area contributed by atoms with E-state index in [0.717, 1.165) is 12.3 Å². The van der Waals surface area contributed by atoms with Gasteiger partial charge in [-0.25, -0.2) is 0 Å². The molecule has 0 spiro atoms. The molecule has 0 saturated heterocycles. The molecule has 20 heavy (non-hydrogen) atoms. The van der Waals surface area contributed by atoms with Gasteiger partial charge in [0.1, 0.15) is 17.1 Å². The second-order valence-electron chi connectivity index (χ2n) is 6.52. The fourth-order valence-electron chi connectivity index (χ4n) is 1.64. The first kappa shape index (κ1) is 16.6. The van der Waals surface area contributed by atoms with Crippen molar-refractivity contribution in [3.63, 3.8) is 0 Å². The second-order valence-corrected chi connectivity index (χ2v) is 6.52. The van der Waals surface area contributed by atoms with Crippen LogP contribution >= 0.6 is 0 Å². The highest BCUT2D eigenvalue weighted by molar-refractivity contribution is 5.79. The molecular weight excluding hydrogens is 254 g/mol. The number of furan rings is 1. The smallest absolute Gasteiger partial charge is 0.191 e. The summed E-state index contributed by atoms with van der Waals surface area (Å²) in [6.07, 6.45) is 0. The zero-order valence-corrected chi connectivity index (χ0v) is 13.4. The zero-order chi connectivity index (χ0) is 15.4. The molecule has 0 saturated carbocycles. The summed E-state index contributed by atoms with van der Waals surface area (Å²) in [6.45, 7) is 11.1. The third-order valence-electron chi connectivity index (χ3n) is 2.88. The average molecular weight is 281 g/mol. The van der Waals surface area contributed by atoms with Crippen LogP contribution in [0.3, 0.4) is 0 Å². The molecule has 1 aromatic heterocycles. The molecule has 0 aliphatic heterocycles. The minimum absolute atomic E-state index is 0.165. The molecule has 0 amide bonds. The van der Waals surface area contributed by atoms with Crippen molar-refractivity contribution in [3.05, 3.63) is 23.7 Å². The monoisotopic (exact) mass is 281 g/mol. The SMILES string of the molecule is CN=C(NCC(C)(C)C)NCC(C)(O)c1ccc(C)o1. The minimum atomic E-state index is -1.08. The molecule has 1 rings (SSSR count). The van der Waals surface area contributed by atoms with Crippen LogP contribution in [0, 0.1) is 12.3 Å². The molecule has 0 aromatic carbocycles. The first-order chi connectivity index (χ1) is 9.14. The number of guanidine groups is 1. The van der Waals surface area contributed by atoms with Gasteiger partial charge in [0.2, 0.25) is 0 Å². The van der Waals surface area contributed by atoms with Gasteiger partial charge in [-0.2, -0.15) is 0 Å². The topological polar surface area (TPSA) is 69.8 Å². The highest BCUT2D eigenvalue weighted by Crippen LogP contribution is 2.21. The van der Waals surface area contributed by atoms with Crippen molar-refractivity contribution in [1.82, 2.24) is 10.6 Å². The normalized spacial score (nSPS) is 15.8. The van der Waals surface area contributed by atoms with E-state index in [0.29, 0.717) is 18.3 Å². The van der Waals surface area contributed by atoms with Crippen LogP contribution in [0.5, 0.6) is 0 Å². The van der Waals surface area contributed by atoms with Gasteiger partial charge in [0, 0.05) is 13.6 Å². The maximum Gasteiger partial charge on any atom is 0.191 e. The van der Waals surface area contributed by atoms with Gasteiger partial charge in [0.25, 0.3) is 0 Å². The Bertz CT molecular complexity index is 456. The number of hydrogen-bond acceptors (Lipinski definition) is 3. The number of aliphatic hydroxyl groups is 1. The molecule has 0 bridgehead atoms. The number of nitrogens with one attached hydrogen (secondary N) is 2. The van der Waals surface area contributed by atoms with Crippen LogP contribution in [0.15, 0.2) is 21.5 Å². The van der Waals surface area contributed by atoms with Crippen molar-refractivity contribution in [1.29, 1.82) is 0 Å². The first-order valence-electron chi connectivity index (χ1n) is 6.88. The van der Waals surface area contributed by atoms with Crippen molar-refractivity contribution >= 4 is 5.96 Å².